The monoisotopic (exact) mass is 229 g/mol. The van der Waals surface area contributed by atoms with Gasteiger partial charge in [0.25, 0.3) is 0 Å². The van der Waals surface area contributed by atoms with Crippen LogP contribution in [-0.4, -0.2) is 75.4 Å². The Morgan fingerprint density at radius 1 is 1.44 bits per heavy atom. The minimum Gasteiger partial charge on any atom is -0.374 e. The molecule has 1 aliphatic heterocycles. The zero-order valence-corrected chi connectivity index (χ0v) is 11.0. The van der Waals surface area contributed by atoms with Crippen LogP contribution in [0.3, 0.4) is 0 Å². The van der Waals surface area contributed by atoms with Crippen LogP contribution in [0.4, 0.5) is 0 Å². The second-order valence-electron chi connectivity index (χ2n) is 4.50. The van der Waals surface area contributed by atoms with Crippen LogP contribution in [0.1, 0.15) is 13.8 Å². The number of hydrogen-bond donors (Lipinski definition) is 1. The van der Waals surface area contributed by atoms with E-state index in [0.717, 1.165) is 52.4 Å². The molecule has 96 valence electrons. The summed E-state index contributed by atoms with van der Waals surface area (Å²) in [7, 11) is 2.15. The van der Waals surface area contributed by atoms with Crippen LogP contribution >= 0.6 is 0 Å². The van der Waals surface area contributed by atoms with Gasteiger partial charge in [0.1, 0.15) is 0 Å². The minimum atomic E-state index is 0.389. The zero-order chi connectivity index (χ0) is 11.8. The number of hydrogen-bond acceptors (Lipinski definition) is 4. The number of nitrogens with one attached hydrogen (secondary N) is 1. The molecule has 4 nitrogen and oxygen atoms in total. The van der Waals surface area contributed by atoms with Crippen molar-refractivity contribution in [3.05, 3.63) is 0 Å². The maximum atomic E-state index is 5.78. The first-order chi connectivity index (χ1) is 7.76. The summed E-state index contributed by atoms with van der Waals surface area (Å²) in [5.74, 6) is 0. The maximum Gasteiger partial charge on any atom is 0.0829 e. The van der Waals surface area contributed by atoms with E-state index < -0.39 is 0 Å². The van der Waals surface area contributed by atoms with E-state index in [2.05, 4.69) is 36.0 Å². The Bertz CT molecular complexity index is 178. The molecule has 0 spiro atoms. The van der Waals surface area contributed by atoms with Crippen LogP contribution in [0.2, 0.25) is 0 Å². The second-order valence-corrected chi connectivity index (χ2v) is 4.50. The van der Waals surface area contributed by atoms with Crippen LogP contribution in [0, 0.1) is 0 Å². The summed E-state index contributed by atoms with van der Waals surface area (Å²) in [5.41, 5.74) is 0. The van der Waals surface area contributed by atoms with Crippen molar-refractivity contribution in [3.63, 3.8) is 0 Å². The quantitative estimate of drug-likeness (QED) is 0.633. The van der Waals surface area contributed by atoms with Crippen molar-refractivity contribution in [3.8, 4) is 0 Å². The average Bonchev–Trinajstić information content (AvgIpc) is 2.30. The Labute approximate surface area is 99.9 Å². The van der Waals surface area contributed by atoms with E-state index in [4.69, 9.17) is 4.74 Å². The van der Waals surface area contributed by atoms with Crippen molar-refractivity contribution in [1.29, 1.82) is 0 Å². The van der Waals surface area contributed by atoms with Crippen LogP contribution in [0.25, 0.3) is 0 Å². The summed E-state index contributed by atoms with van der Waals surface area (Å²) in [5, 5.41) is 3.37. The molecule has 0 aromatic carbocycles. The van der Waals surface area contributed by atoms with Gasteiger partial charge in [0, 0.05) is 32.7 Å². The molecule has 0 aromatic rings. The molecule has 0 radical (unpaired) electrons. The fourth-order valence-electron chi connectivity index (χ4n) is 1.98. The lowest BCUT2D eigenvalue weighted by molar-refractivity contribution is -0.0394. The SMILES string of the molecule is CCNCCN1CCO[C@H](CN(C)CC)C1. The summed E-state index contributed by atoms with van der Waals surface area (Å²) in [6.07, 6.45) is 0.389. The first kappa shape index (κ1) is 13.9. The number of likely N-dealkylation sites (N-methyl/N-ethyl adjacent to an activating group) is 2. The highest BCUT2D eigenvalue weighted by Crippen LogP contribution is 2.05. The normalized spacial score (nSPS) is 22.9. The van der Waals surface area contributed by atoms with Gasteiger partial charge >= 0.3 is 0 Å². The number of morpholine rings is 1. The predicted octanol–water partition coefficient (Wildman–Crippen LogP) is 0.248. The smallest absolute Gasteiger partial charge is 0.0829 e. The lowest BCUT2D eigenvalue weighted by Gasteiger charge is -2.34. The van der Waals surface area contributed by atoms with Crippen LogP contribution in [0.15, 0.2) is 0 Å². The molecule has 1 rings (SSSR count). The minimum absolute atomic E-state index is 0.389. The first-order valence-electron chi connectivity index (χ1n) is 6.49. The van der Waals surface area contributed by atoms with Crippen LogP contribution in [-0.2, 0) is 4.74 Å². The molecule has 1 heterocycles. The van der Waals surface area contributed by atoms with Crippen molar-refractivity contribution in [1.82, 2.24) is 15.1 Å². The van der Waals surface area contributed by atoms with Crippen molar-refractivity contribution < 1.29 is 4.74 Å². The highest BCUT2D eigenvalue weighted by Gasteiger charge is 2.20. The number of ether oxygens (including phenoxy) is 1. The molecule has 0 saturated carbocycles. The molecule has 1 fully saturated rings. The van der Waals surface area contributed by atoms with E-state index in [1.165, 1.54) is 0 Å². The van der Waals surface area contributed by atoms with E-state index in [9.17, 15) is 0 Å². The van der Waals surface area contributed by atoms with E-state index in [-0.39, 0.29) is 0 Å². The lowest BCUT2D eigenvalue weighted by atomic mass is 10.2. The third kappa shape index (κ3) is 5.25. The zero-order valence-electron chi connectivity index (χ0n) is 11.0. The van der Waals surface area contributed by atoms with E-state index in [1.807, 2.05) is 0 Å². The molecule has 0 unspecified atom stereocenters. The maximum absolute atomic E-state index is 5.78. The fourth-order valence-corrected chi connectivity index (χ4v) is 1.98. The predicted molar refractivity (Wildman–Crippen MR) is 67.9 cm³/mol. The summed E-state index contributed by atoms with van der Waals surface area (Å²) in [6.45, 7) is 12.8. The summed E-state index contributed by atoms with van der Waals surface area (Å²) >= 11 is 0. The van der Waals surface area contributed by atoms with Gasteiger partial charge in [-0.3, -0.25) is 4.90 Å². The van der Waals surface area contributed by atoms with Gasteiger partial charge in [-0.15, -0.1) is 0 Å². The van der Waals surface area contributed by atoms with Gasteiger partial charge in [-0.25, -0.2) is 0 Å². The Morgan fingerprint density at radius 2 is 2.25 bits per heavy atom. The Morgan fingerprint density at radius 3 is 2.94 bits per heavy atom. The molecule has 4 heteroatoms. The third-order valence-corrected chi connectivity index (χ3v) is 3.13. The molecular formula is C12H27N3O. The van der Waals surface area contributed by atoms with E-state index in [1.54, 1.807) is 0 Å². The van der Waals surface area contributed by atoms with Gasteiger partial charge in [0.15, 0.2) is 0 Å². The Kier molecular flexibility index (Phi) is 6.96. The van der Waals surface area contributed by atoms with Gasteiger partial charge in [-0.05, 0) is 20.1 Å². The highest BCUT2D eigenvalue weighted by atomic mass is 16.5. The fraction of sp³-hybridized carbons (Fsp3) is 1.00. The Hall–Kier alpha value is -0.160. The highest BCUT2D eigenvalue weighted by molar-refractivity contribution is 4.74. The van der Waals surface area contributed by atoms with Crippen molar-refractivity contribution >= 4 is 0 Å². The van der Waals surface area contributed by atoms with Crippen molar-refractivity contribution in [2.45, 2.75) is 20.0 Å². The molecule has 0 aromatic heterocycles. The molecule has 1 N–H and O–H groups in total. The second kappa shape index (κ2) is 8.01. The molecule has 1 saturated heterocycles. The number of nitrogens with zero attached hydrogens (tertiary/aromatic N) is 2. The summed E-state index contributed by atoms with van der Waals surface area (Å²) in [6, 6.07) is 0. The summed E-state index contributed by atoms with van der Waals surface area (Å²) in [4.78, 5) is 4.82. The molecule has 16 heavy (non-hydrogen) atoms. The first-order valence-corrected chi connectivity index (χ1v) is 6.49. The van der Waals surface area contributed by atoms with Gasteiger partial charge < -0.3 is 15.0 Å². The van der Waals surface area contributed by atoms with Gasteiger partial charge in [0.2, 0.25) is 0 Å². The van der Waals surface area contributed by atoms with Gasteiger partial charge in [-0.2, -0.15) is 0 Å². The van der Waals surface area contributed by atoms with Gasteiger partial charge in [0.05, 0.1) is 12.7 Å². The van der Waals surface area contributed by atoms with E-state index >= 15 is 0 Å². The topological polar surface area (TPSA) is 27.7 Å². The number of rotatable bonds is 7. The van der Waals surface area contributed by atoms with Crippen molar-refractivity contribution in [2.24, 2.45) is 0 Å². The van der Waals surface area contributed by atoms with Crippen LogP contribution in [0.5, 0.6) is 0 Å². The molecule has 0 aliphatic carbocycles. The third-order valence-electron chi connectivity index (χ3n) is 3.13. The molecule has 1 aliphatic rings. The summed E-state index contributed by atoms with van der Waals surface area (Å²) < 4.78 is 5.78. The molecule has 0 bridgehead atoms. The van der Waals surface area contributed by atoms with E-state index in [0.29, 0.717) is 6.10 Å². The standard InChI is InChI=1S/C12H27N3O/c1-4-13-6-7-15-8-9-16-12(11-15)10-14(3)5-2/h12-13H,4-11H2,1-3H3/t12-/m1/s1. The van der Waals surface area contributed by atoms with Crippen molar-refractivity contribution in [2.75, 3.05) is 59.5 Å². The molecule has 1 atom stereocenters. The lowest BCUT2D eigenvalue weighted by Crippen LogP contribution is -2.48. The Balaban J connectivity index is 2.19. The molecular weight excluding hydrogens is 202 g/mol. The van der Waals surface area contributed by atoms with Crippen LogP contribution < -0.4 is 5.32 Å². The largest absolute Gasteiger partial charge is 0.374 e. The average molecular weight is 229 g/mol. The molecule has 0 amide bonds. The van der Waals surface area contributed by atoms with Gasteiger partial charge in [-0.1, -0.05) is 13.8 Å².